The van der Waals surface area contributed by atoms with Crippen molar-refractivity contribution < 1.29 is 19.4 Å². The van der Waals surface area contributed by atoms with E-state index in [0.717, 1.165) is 5.56 Å². The maximum Gasteiger partial charge on any atom is 0.309 e. The predicted molar refractivity (Wildman–Crippen MR) is 68.2 cm³/mol. The summed E-state index contributed by atoms with van der Waals surface area (Å²) in [6.07, 6.45) is -0.497. The van der Waals surface area contributed by atoms with Crippen molar-refractivity contribution in [3.8, 4) is 0 Å². The normalized spacial score (nSPS) is 24.4. The minimum Gasteiger partial charge on any atom is -0.481 e. The molecule has 1 saturated heterocycles. The lowest BCUT2D eigenvalue weighted by Gasteiger charge is -2.34. The number of aliphatic carboxylic acids is 1. The highest BCUT2D eigenvalue weighted by molar-refractivity contribution is 5.70. The maximum atomic E-state index is 13.6. The lowest BCUT2D eigenvalue weighted by Crippen LogP contribution is -2.46. The lowest BCUT2D eigenvalue weighted by molar-refractivity contribution is -0.148. The number of aliphatic hydroxyl groups excluding tert-OH is 1. The summed E-state index contributed by atoms with van der Waals surface area (Å²) in [6, 6.07) is 4.93. The number of carbonyl (C=O) groups is 1. The molecule has 0 aromatic heterocycles. The first-order valence-corrected chi connectivity index (χ1v) is 6.35. The van der Waals surface area contributed by atoms with E-state index in [1.165, 1.54) is 6.07 Å². The molecule has 0 radical (unpaired) electrons. The number of carboxylic acids is 1. The molecule has 0 saturated carbocycles. The molecule has 0 spiro atoms. The fraction of sp³-hybridized carbons (Fsp3) is 0.500. The third-order valence-corrected chi connectivity index (χ3v) is 3.58. The number of likely N-dealkylation sites (tertiary alicyclic amines) is 1. The zero-order chi connectivity index (χ0) is 14.0. The number of aliphatic hydroxyl groups is 1. The molecule has 1 heterocycles. The van der Waals surface area contributed by atoms with Gasteiger partial charge < -0.3 is 10.2 Å². The van der Waals surface area contributed by atoms with Crippen LogP contribution in [0.25, 0.3) is 0 Å². The molecule has 2 atom stereocenters. The van der Waals surface area contributed by atoms with Crippen molar-refractivity contribution in [2.45, 2.75) is 26.0 Å². The molecule has 0 bridgehead atoms. The van der Waals surface area contributed by atoms with Crippen molar-refractivity contribution in [2.75, 3.05) is 13.1 Å². The number of piperidine rings is 1. The molecule has 0 aliphatic carbocycles. The number of hydrogen-bond donors (Lipinski definition) is 2. The van der Waals surface area contributed by atoms with Crippen LogP contribution in [0.4, 0.5) is 4.39 Å². The summed E-state index contributed by atoms with van der Waals surface area (Å²) in [6.45, 7) is 3.12. The molecule has 0 unspecified atom stereocenters. The van der Waals surface area contributed by atoms with Crippen LogP contribution in [0.15, 0.2) is 18.2 Å². The molecule has 0 amide bonds. The summed E-state index contributed by atoms with van der Waals surface area (Å²) < 4.78 is 13.6. The molecule has 1 aromatic carbocycles. The van der Waals surface area contributed by atoms with Crippen molar-refractivity contribution in [2.24, 2.45) is 5.92 Å². The number of carboxylic acid groups (broad SMARTS) is 1. The lowest BCUT2D eigenvalue weighted by atomic mass is 9.93. The second-order valence-electron chi connectivity index (χ2n) is 5.13. The summed E-state index contributed by atoms with van der Waals surface area (Å²) in [5.41, 5.74) is 1.57. The van der Waals surface area contributed by atoms with Crippen molar-refractivity contribution in [1.82, 2.24) is 4.90 Å². The molecule has 104 valence electrons. The van der Waals surface area contributed by atoms with Gasteiger partial charge in [-0.25, -0.2) is 4.39 Å². The Balaban J connectivity index is 2.02. The second kappa shape index (κ2) is 5.67. The van der Waals surface area contributed by atoms with Crippen LogP contribution in [-0.2, 0) is 11.3 Å². The van der Waals surface area contributed by atoms with Gasteiger partial charge in [0, 0.05) is 18.7 Å². The van der Waals surface area contributed by atoms with Gasteiger partial charge in [0.25, 0.3) is 0 Å². The van der Waals surface area contributed by atoms with E-state index >= 15 is 0 Å². The Hall–Kier alpha value is -1.46. The third-order valence-electron chi connectivity index (χ3n) is 3.58. The summed E-state index contributed by atoms with van der Waals surface area (Å²) in [5.74, 6) is -1.94. The Morgan fingerprint density at radius 3 is 2.89 bits per heavy atom. The molecule has 19 heavy (non-hydrogen) atoms. The van der Waals surface area contributed by atoms with Crippen molar-refractivity contribution >= 4 is 5.97 Å². The quantitative estimate of drug-likeness (QED) is 0.869. The van der Waals surface area contributed by atoms with Gasteiger partial charge in [0.1, 0.15) is 5.82 Å². The number of β-amino-alcohol motifs (C(OH)–C–C–N with tert-alkyl or cyclic N) is 1. The highest BCUT2D eigenvalue weighted by Crippen LogP contribution is 2.21. The van der Waals surface area contributed by atoms with E-state index in [9.17, 15) is 14.3 Å². The summed E-state index contributed by atoms with van der Waals surface area (Å²) in [5, 5.41) is 18.7. The molecule has 2 rings (SSSR count). The first-order chi connectivity index (χ1) is 8.97. The minimum absolute atomic E-state index is 0.263. The Morgan fingerprint density at radius 1 is 1.53 bits per heavy atom. The van der Waals surface area contributed by atoms with Crippen molar-refractivity contribution in [1.29, 1.82) is 0 Å². The van der Waals surface area contributed by atoms with Gasteiger partial charge in [0.2, 0.25) is 0 Å². The molecular weight excluding hydrogens is 249 g/mol. The number of hydrogen-bond acceptors (Lipinski definition) is 3. The van der Waals surface area contributed by atoms with E-state index in [-0.39, 0.29) is 12.4 Å². The summed E-state index contributed by atoms with van der Waals surface area (Å²) >= 11 is 0. The van der Waals surface area contributed by atoms with E-state index < -0.39 is 18.0 Å². The monoisotopic (exact) mass is 267 g/mol. The molecule has 1 fully saturated rings. The van der Waals surface area contributed by atoms with Crippen LogP contribution in [0.2, 0.25) is 0 Å². The van der Waals surface area contributed by atoms with E-state index in [2.05, 4.69) is 0 Å². The minimum atomic E-state index is -0.964. The van der Waals surface area contributed by atoms with Gasteiger partial charge in [0.15, 0.2) is 0 Å². The van der Waals surface area contributed by atoms with E-state index in [4.69, 9.17) is 5.11 Å². The zero-order valence-electron chi connectivity index (χ0n) is 10.8. The van der Waals surface area contributed by atoms with E-state index in [1.807, 2.05) is 11.8 Å². The first-order valence-electron chi connectivity index (χ1n) is 6.35. The van der Waals surface area contributed by atoms with Gasteiger partial charge in [-0.2, -0.15) is 0 Å². The van der Waals surface area contributed by atoms with Gasteiger partial charge >= 0.3 is 5.97 Å². The Kier molecular flexibility index (Phi) is 4.17. The fourth-order valence-corrected chi connectivity index (χ4v) is 2.49. The third kappa shape index (κ3) is 3.30. The molecule has 2 N–H and O–H groups in total. The van der Waals surface area contributed by atoms with Crippen LogP contribution in [0.1, 0.15) is 17.5 Å². The standard InChI is InChI=1S/C14H18FNO3/c1-9-2-3-12(15)10(6-9)7-16-5-4-11(14(18)19)13(17)8-16/h2-3,6,11,13,17H,4-5,7-8H2,1H3,(H,18,19)/t11-,13+/m0/s1. The van der Waals surface area contributed by atoms with Crippen LogP contribution < -0.4 is 0 Å². The number of benzene rings is 1. The van der Waals surface area contributed by atoms with Crippen LogP contribution >= 0.6 is 0 Å². The molecular formula is C14H18FNO3. The Labute approximate surface area is 111 Å². The predicted octanol–water partition coefficient (Wildman–Crippen LogP) is 1.40. The van der Waals surface area contributed by atoms with Gasteiger partial charge in [-0.05, 0) is 26.0 Å². The average molecular weight is 267 g/mol. The highest BCUT2D eigenvalue weighted by Gasteiger charge is 2.32. The maximum absolute atomic E-state index is 13.6. The SMILES string of the molecule is Cc1ccc(F)c(CN2CC[C@H](C(=O)O)[C@H](O)C2)c1. The Morgan fingerprint density at radius 2 is 2.26 bits per heavy atom. The van der Waals surface area contributed by atoms with Crippen molar-refractivity contribution in [3.63, 3.8) is 0 Å². The first kappa shape index (κ1) is 14.0. The molecule has 4 nitrogen and oxygen atoms in total. The highest BCUT2D eigenvalue weighted by atomic mass is 19.1. The van der Waals surface area contributed by atoms with Crippen LogP contribution in [-0.4, -0.2) is 40.3 Å². The average Bonchev–Trinajstić information content (AvgIpc) is 2.33. The van der Waals surface area contributed by atoms with Crippen LogP contribution in [0, 0.1) is 18.7 Å². The molecule has 1 aliphatic rings. The van der Waals surface area contributed by atoms with Gasteiger partial charge in [0.05, 0.1) is 12.0 Å². The van der Waals surface area contributed by atoms with Crippen molar-refractivity contribution in [3.05, 3.63) is 35.1 Å². The molecule has 1 aromatic rings. The molecule has 5 heteroatoms. The summed E-state index contributed by atoms with van der Waals surface area (Å²) in [7, 11) is 0. The van der Waals surface area contributed by atoms with Crippen LogP contribution in [0.5, 0.6) is 0 Å². The second-order valence-corrected chi connectivity index (χ2v) is 5.13. The number of halogens is 1. The topological polar surface area (TPSA) is 60.8 Å². The summed E-state index contributed by atoms with van der Waals surface area (Å²) in [4.78, 5) is 12.8. The van der Waals surface area contributed by atoms with Gasteiger partial charge in [-0.3, -0.25) is 9.69 Å². The fourth-order valence-electron chi connectivity index (χ4n) is 2.49. The Bertz CT molecular complexity index is 478. The number of aryl methyl sites for hydroxylation is 1. The number of nitrogens with zero attached hydrogens (tertiary/aromatic N) is 1. The van der Waals surface area contributed by atoms with Gasteiger partial charge in [-0.15, -0.1) is 0 Å². The van der Waals surface area contributed by atoms with E-state index in [1.54, 1.807) is 12.1 Å². The smallest absolute Gasteiger partial charge is 0.309 e. The molecule has 1 aliphatic heterocycles. The zero-order valence-corrected chi connectivity index (χ0v) is 10.8. The van der Waals surface area contributed by atoms with E-state index in [0.29, 0.717) is 25.1 Å². The largest absolute Gasteiger partial charge is 0.481 e. The van der Waals surface area contributed by atoms with Gasteiger partial charge in [-0.1, -0.05) is 17.7 Å². The number of rotatable bonds is 3. The van der Waals surface area contributed by atoms with Crippen LogP contribution in [0.3, 0.4) is 0 Å².